The first kappa shape index (κ1) is 12.2. The number of hydrogen-bond donors (Lipinski definition) is 1. The molecule has 0 unspecified atom stereocenters. The van der Waals surface area contributed by atoms with Gasteiger partial charge in [0.1, 0.15) is 0 Å². The molecule has 2 aliphatic rings. The molecule has 2 aromatic heterocycles. The van der Waals surface area contributed by atoms with Crippen LogP contribution in [0.1, 0.15) is 25.7 Å². The van der Waals surface area contributed by atoms with Crippen molar-refractivity contribution < 1.29 is 0 Å². The van der Waals surface area contributed by atoms with E-state index in [0.29, 0.717) is 0 Å². The molecule has 0 bridgehead atoms. The summed E-state index contributed by atoms with van der Waals surface area (Å²) in [4.78, 5) is 14.0. The second-order valence-electron chi connectivity index (χ2n) is 5.61. The molecule has 0 amide bonds. The zero-order valence-electron chi connectivity index (χ0n) is 11.5. The molecule has 0 atom stereocenters. The van der Waals surface area contributed by atoms with Crippen LogP contribution in [-0.2, 0) is 0 Å². The van der Waals surface area contributed by atoms with Crippen molar-refractivity contribution >= 4 is 38.3 Å². The van der Waals surface area contributed by atoms with Crippen LogP contribution in [0.3, 0.4) is 0 Å². The topological polar surface area (TPSA) is 58.3 Å². The van der Waals surface area contributed by atoms with Crippen molar-refractivity contribution in [1.82, 2.24) is 9.97 Å². The number of nitrogen functional groups attached to an aromatic ring is 1. The maximum absolute atomic E-state index is 6.15. The van der Waals surface area contributed by atoms with Gasteiger partial charge in [-0.1, -0.05) is 11.3 Å². The standard InChI is InChI=1S/C14H19N5S/c15-10-9-11-12(16-13(10)18-7-4-8-18)17-14(20-11)19-5-2-1-3-6-19/h9H,1-8,15H2. The normalized spacial score (nSPS) is 19.4. The Hall–Kier alpha value is -1.56. The first-order valence-electron chi connectivity index (χ1n) is 7.38. The number of piperidine rings is 1. The van der Waals surface area contributed by atoms with Gasteiger partial charge >= 0.3 is 0 Å². The maximum atomic E-state index is 6.15. The quantitative estimate of drug-likeness (QED) is 0.920. The number of nitrogens with zero attached hydrogens (tertiary/aromatic N) is 4. The lowest BCUT2D eigenvalue weighted by molar-refractivity contribution is 0.577. The summed E-state index contributed by atoms with van der Waals surface area (Å²) in [5.41, 5.74) is 7.78. The Labute approximate surface area is 122 Å². The molecule has 6 heteroatoms. The van der Waals surface area contributed by atoms with Gasteiger partial charge in [0, 0.05) is 26.2 Å². The number of nitrogens with two attached hydrogens (primary N) is 1. The summed E-state index contributed by atoms with van der Waals surface area (Å²) in [5.74, 6) is 0.916. The fourth-order valence-electron chi connectivity index (χ4n) is 2.86. The zero-order chi connectivity index (χ0) is 13.5. The minimum Gasteiger partial charge on any atom is -0.396 e. The molecule has 5 nitrogen and oxygen atoms in total. The van der Waals surface area contributed by atoms with Crippen LogP contribution in [0, 0.1) is 0 Å². The monoisotopic (exact) mass is 289 g/mol. The van der Waals surface area contributed by atoms with E-state index in [1.54, 1.807) is 11.3 Å². The smallest absolute Gasteiger partial charge is 0.188 e. The van der Waals surface area contributed by atoms with Gasteiger partial charge in [0.2, 0.25) is 0 Å². The summed E-state index contributed by atoms with van der Waals surface area (Å²) in [5, 5.41) is 1.10. The molecule has 20 heavy (non-hydrogen) atoms. The van der Waals surface area contributed by atoms with Gasteiger partial charge in [-0.05, 0) is 31.7 Å². The zero-order valence-corrected chi connectivity index (χ0v) is 12.3. The molecule has 4 rings (SSSR count). The predicted molar refractivity (Wildman–Crippen MR) is 84.7 cm³/mol. The average Bonchev–Trinajstić information content (AvgIpc) is 2.81. The lowest BCUT2D eigenvalue weighted by atomic mass is 10.1. The molecule has 0 radical (unpaired) electrons. The molecule has 2 aliphatic heterocycles. The molecule has 2 fully saturated rings. The van der Waals surface area contributed by atoms with Gasteiger partial charge < -0.3 is 15.5 Å². The molecule has 106 valence electrons. The largest absolute Gasteiger partial charge is 0.396 e. The van der Waals surface area contributed by atoms with E-state index in [1.807, 2.05) is 6.07 Å². The molecule has 2 saturated heterocycles. The fourth-order valence-corrected chi connectivity index (χ4v) is 3.87. The first-order chi connectivity index (χ1) is 9.81. The van der Waals surface area contributed by atoms with E-state index in [9.17, 15) is 0 Å². The summed E-state index contributed by atoms with van der Waals surface area (Å²) in [6.07, 6.45) is 5.11. The minimum atomic E-state index is 0.783. The van der Waals surface area contributed by atoms with Gasteiger partial charge in [0.25, 0.3) is 0 Å². The van der Waals surface area contributed by atoms with Gasteiger partial charge in [-0.15, -0.1) is 0 Å². The number of thiazole rings is 1. The van der Waals surface area contributed by atoms with E-state index in [0.717, 1.165) is 53.2 Å². The average molecular weight is 289 g/mol. The molecular formula is C14H19N5S. The van der Waals surface area contributed by atoms with Gasteiger partial charge in [0.05, 0.1) is 10.4 Å². The lowest BCUT2D eigenvalue weighted by Gasteiger charge is -2.32. The van der Waals surface area contributed by atoms with Crippen LogP contribution in [0.2, 0.25) is 0 Å². The number of pyridine rings is 1. The summed E-state index contributed by atoms with van der Waals surface area (Å²) < 4.78 is 1.10. The summed E-state index contributed by atoms with van der Waals surface area (Å²) in [6, 6.07) is 2.04. The van der Waals surface area contributed by atoms with Gasteiger partial charge in [0.15, 0.2) is 16.6 Å². The van der Waals surface area contributed by atoms with Crippen LogP contribution in [0.15, 0.2) is 6.07 Å². The Morgan fingerprint density at radius 2 is 1.70 bits per heavy atom. The number of hydrogen-bond acceptors (Lipinski definition) is 6. The molecule has 2 aromatic rings. The third-order valence-corrected chi connectivity index (χ3v) is 5.21. The van der Waals surface area contributed by atoms with E-state index in [4.69, 9.17) is 10.7 Å². The van der Waals surface area contributed by atoms with E-state index >= 15 is 0 Å². The van der Waals surface area contributed by atoms with Crippen LogP contribution in [-0.4, -0.2) is 36.1 Å². The molecule has 0 saturated carbocycles. The van der Waals surface area contributed by atoms with Crippen molar-refractivity contribution in [2.75, 3.05) is 41.7 Å². The van der Waals surface area contributed by atoms with Gasteiger partial charge in [-0.3, -0.25) is 0 Å². The molecule has 0 aromatic carbocycles. The number of anilines is 3. The Bertz CT molecular complexity index is 628. The van der Waals surface area contributed by atoms with E-state index in [1.165, 1.54) is 25.7 Å². The molecular weight excluding hydrogens is 270 g/mol. The van der Waals surface area contributed by atoms with E-state index < -0.39 is 0 Å². The predicted octanol–water partition coefficient (Wildman–Crippen LogP) is 2.47. The first-order valence-corrected chi connectivity index (χ1v) is 8.20. The molecule has 4 heterocycles. The number of fused-ring (bicyclic) bond motifs is 1. The number of aromatic nitrogens is 2. The maximum Gasteiger partial charge on any atom is 0.188 e. The fraction of sp³-hybridized carbons (Fsp3) is 0.571. The van der Waals surface area contributed by atoms with Crippen LogP contribution >= 0.6 is 11.3 Å². The van der Waals surface area contributed by atoms with E-state index in [2.05, 4.69) is 14.8 Å². The Kier molecular flexibility index (Phi) is 2.91. The van der Waals surface area contributed by atoms with Crippen molar-refractivity contribution in [3.63, 3.8) is 0 Å². The van der Waals surface area contributed by atoms with Crippen LogP contribution < -0.4 is 15.5 Å². The van der Waals surface area contributed by atoms with Crippen molar-refractivity contribution in [3.05, 3.63) is 6.07 Å². The highest BCUT2D eigenvalue weighted by Crippen LogP contribution is 2.34. The second-order valence-corrected chi connectivity index (χ2v) is 6.62. The molecule has 2 N–H and O–H groups in total. The molecule has 0 spiro atoms. The van der Waals surface area contributed by atoms with Crippen LogP contribution in [0.4, 0.5) is 16.6 Å². The van der Waals surface area contributed by atoms with Crippen LogP contribution in [0.5, 0.6) is 0 Å². The highest BCUT2D eigenvalue weighted by atomic mass is 32.1. The van der Waals surface area contributed by atoms with E-state index in [-0.39, 0.29) is 0 Å². The molecule has 0 aliphatic carbocycles. The highest BCUT2D eigenvalue weighted by molar-refractivity contribution is 7.22. The van der Waals surface area contributed by atoms with Crippen molar-refractivity contribution in [2.45, 2.75) is 25.7 Å². The second kappa shape index (κ2) is 4.77. The summed E-state index contributed by atoms with van der Waals surface area (Å²) >= 11 is 1.72. The highest BCUT2D eigenvalue weighted by Gasteiger charge is 2.21. The SMILES string of the molecule is Nc1cc2sc(N3CCCCC3)nc2nc1N1CCC1. The summed E-state index contributed by atoms with van der Waals surface area (Å²) in [7, 11) is 0. The lowest BCUT2D eigenvalue weighted by Crippen LogP contribution is -2.38. The Morgan fingerprint density at radius 1 is 0.950 bits per heavy atom. The Morgan fingerprint density at radius 3 is 2.40 bits per heavy atom. The van der Waals surface area contributed by atoms with Gasteiger partial charge in [-0.25, -0.2) is 4.98 Å². The third kappa shape index (κ3) is 1.98. The minimum absolute atomic E-state index is 0.783. The van der Waals surface area contributed by atoms with Crippen molar-refractivity contribution in [3.8, 4) is 0 Å². The van der Waals surface area contributed by atoms with Crippen molar-refractivity contribution in [2.24, 2.45) is 0 Å². The van der Waals surface area contributed by atoms with Crippen molar-refractivity contribution in [1.29, 1.82) is 0 Å². The summed E-state index contributed by atoms with van der Waals surface area (Å²) in [6.45, 7) is 4.36. The van der Waals surface area contributed by atoms with Gasteiger partial charge in [-0.2, -0.15) is 4.98 Å². The Balaban J connectivity index is 1.71. The number of rotatable bonds is 2. The van der Waals surface area contributed by atoms with Crippen LogP contribution in [0.25, 0.3) is 10.3 Å². The third-order valence-electron chi connectivity index (χ3n) is 4.16.